The number of nitrogens with zero attached hydrogens (tertiary/aromatic N) is 5. The molecular formula is C24H22FN7. The molecule has 0 bridgehead atoms. The molecule has 5 aromatic rings. The van der Waals surface area contributed by atoms with Gasteiger partial charge in [0.2, 0.25) is 5.95 Å². The summed E-state index contributed by atoms with van der Waals surface area (Å²) in [6, 6.07) is 9.97. The molecule has 0 aliphatic heterocycles. The van der Waals surface area contributed by atoms with Crippen LogP contribution in [0.5, 0.6) is 0 Å². The number of hydrogen-bond acceptors (Lipinski definition) is 5. The summed E-state index contributed by atoms with van der Waals surface area (Å²) >= 11 is 0. The number of rotatable bonds is 4. The lowest BCUT2D eigenvalue weighted by Crippen LogP contribution is -2.23. The van der Waals surface area contributed by atoms with Crippen molar-refractivity contribution in [3.8, 4) is 11.4 Å². The van der Waals surface area contributed by atoms with E-state index in [1.165, 1.54) is 34.4 Å². The molecule has 32 heavy (non-hydrogen) atoms. The van der Waals surface area contributed by atoms with E-state index in [0.717, 1.165) is 24.1 Å². The Labute approximate surface area is 183 Å². The molecule has 1 aliphatic rings. The number of H-pyrrole nitrogens is 1. The average Bonchev–Trinajstić information content (AvgIpc) is 3.46. The van der Waals surface area contributed by atoms with Gasteiger partial charge >= 0.3 is 0 Å². The first-order chi connectivity index (χ1) is 15.6. The van der Waals surface area contributed by atoms with Crippen LogP contribution in [-0.4, -0.2) is 35.6 Å². The Balaban J connectivity index is 1.41. The number of anilines is 1. The maximum absolute atomic E-state index is 13.8. The zero-order chi connectivity index (χ0) is 21.8. The van der Waals surface area contributed by atoms with E-state index in [4.69, 9.17) is 9.97 Å². The van der Waals surface area contributed by atoms with Crippen molar-refractivity contribution in [3.05, 3.63) is 71.6 Å². The molecule has 1 aliphatic carbocycles. The second-order valence-electron chi connectivity index (χ2n) is 8.63. The molecule has 0 saturated heterocycles. The smallest absolute Gasteiger partial charge is 0.228 e. The van der Waals surface area contributed by atoms with Crippen molar-refractivity contribution in [3.63, 3.8) is 0 Å². The van der Waals surface area contributed by atoms with Crippen LogP contribution in [0, 0.1) is 5.82 Å². The molecule has 4 aromatic heterocycles. The van der Waals surface area contributed by atoms with Gasteiger partial charge in [0.1, 0.15) is 5.82 Å². The maximum Gasteiger partial charge on any atom is 0.228 e. The number of halogens is 1. The lowest BCUT2D eigenvalue weighted by molar-refractivity contribution is 0.621. The van der Waals surface area contributed by atoms with Gasteiger partial charge < -0.3 is 10.3 Å². The topological polar surface area (TPSA) is 83.8 Å². The van der Waals surface area contributed by atoms with Crippen LogP contribution in [0.4, 0.5) is 10.3 Å². The quantitative estimate of drug-likeness (QED) is 0.441. The lowest BCUT2D eigenvalue weighted by Gasteiger charge is -2.15. The van der Waals surface area contributed by atoms with Gasteiger partial charge in [-0.15, -0.1) is 0 Å². The minimum Gasteiger partial charge on any atom is -0.358 e. The van der Waals surface area contributed by atoms with Crippen LogP contribution in [0.15, 0.2) is 48.9 Å². The number of para-hydroxylation sites is 1. The molecule has 0 amide bonds. The van der Waals surface area contributed by atoms with Crippen molar-refractivity contribution in [2.75, 3.05) is 5.32 Å². The molecule has 1 aromatic carbocycles. The molecule has 160 valence electrons. The van der Waals surface area contributed by atoms with Gasteiger partial charge in [-0.05, 0) is 30.0 Å². The monoisotopic (exact) mass is 427 g/mol. The van der Waals surface area contributed by atoms with Gasteiger partial charge in [0.25, 0.3) is 0 Å². The summed E-state index contributed by atoms with van der Waals surface area (Å²) in [5, 5.41) is 9.40. The summed E-state index contributed by atoms with van der Waals surface area (Å²) in [7, 11) is 0. The molecule has 0 saturated carbocycles. The number of nitrogens with one attached hydrogen (secondary N) is 2. The first kappa shape index (κ1) is 18.9. The number of fused-ring (bicyclic) bond motifs is 4. The third-order valence-electron chi connectivity index (χ3n) is 6.12. The predicted octanol–water partition coefficient (Wildman–Crippen LogP) is 4.51. The lowest BCUT2D eigenvalue weighted by atomic mass is 10.1. The molecule has 0 unspecified atom stereocenters. The minimum absolute atomic E-state index is 0.171. The van der Waals surface area contributed by atoms with Crippen molar-refractivity contribution in [1.29, 1.82) is 0 Å². The number of hydrogen-bond donors (Lipinski definition) is 2. The third kappa shape index (κ3) is 3.02. The second kappa shape index (κ2) is 7.12. The Morgan fingerprint density at radius 2 is 2.00 bits per heavy atom. The van der Waals surface area contributed by atoms with Gasteiger partial charge in [0.15, 0.2) is 11.5 Å². The largest absolute Gasteiger partial charge is 0.358 e. The van der Waals surface area contributed by atoms with Crippen molar-refractivity contribution in [2.45, 2.75) is 38.6 Å². The SMILES string of the molecule is CC(C)c1cnn2c(N[C@H]3Cc4[nH]c5ccccc5c4C3)nc(-c3cncc(F)c3)nc12. The molecule has 1 atom stereocenters. The predicted molar refractivity (Wildman–Crippen MR) is 121 cm³/mol. The highest BCUT2D eigenvalue weighted by atomic mass is 19.1. The fourth-order valence-corrected chi connectivity index (χ4v) is 4.57. The standard InChI is InChI=1S/C24H22FN7/c1-13(2)19-12-27-32-23(19)30-22(14-7-15(25)11-26-10-14)31-24(32)28-16-8-18-17-5-3-4-6-20(17)29-21(18)9-16/h3-7,10-13,16,29H,8-9H2,1-2H3,(H,28,30,31)/t16-/m1/s1. The molecule has 8 heteroatoms. The van der Waals surface area contributed by atoms with Gasteiger partial charge in [-0.3, -0.25) is 4.98 Å². The van der Waals surface area contributed by atoms with E-state index in [9.17, 15) is 4.39 Å². The Hall–Kier alpha value is -3.81. The van der Waals surface area contributed by atoms with Crippen LogP contribution in [0.25, 0.3) is 27.9 Å². The Kier molecular flexibility index (Phi) is 4.21. The Bertz CT molecular complexity index is 1470. The first-order valence-electron chi connectivity index (χ1n) is 10.8. The van der Waals surface area contributed by atoms with Crippen LogP contribution in [0.1, 0.15) is 36.6 Å². The van der Waals surface area contributed by atoms with E-state index < -0.39 is 5.82 Å². The molecule has 7 nitrogen and oxygen atoms in total. The van der Waals surface area contributed by atoms with Gasteiger partial charge in [0.05, 0.1) is 12.4 Å². The Morgan fingerprint density at radius 1 is 1.12 bits per heavy atom. The molecule has 4 heterocycles. The number of benzene rings is 1. The summed E-state index contributed by atoms with van der Waals surface area (Å²) in [4.78, 5) is 16.9. The number of pyridine rings is 1. The van der Waals surface area contributed by atoms with E-state index in [2.05, 4.69) is 52.4 Å². The highest BCUT2D eigenvalue weighted by Gasteiger charge is 2.27. The van der Waals surface area contributed by atoms with Gasteiger partial charge in [-0.2, -0.15) is 14.6 Å². The zero-order valence-corrected chi connectivity index (χ0v) is 17.8. The fraction of sp³-hybridized carbons (Fsp3) is 0.250. The maximum atomic E-state index is 13.8. The highest BCUT2D eigenvalue weighted by Crippen LogP contribution is 2.32. The summed E-state index contributed by atoms with van der Waals surface area (Å²) < 4.78 is 15.6. The molecule has 0 spiro atoms. The molecule has 0 fully saturated rings. The van der Waals surface area contributed by atoms with Crippen LogP contribution in [-0.2, 0) is 12.8 Å². The van der Waals surface area contributed by atoms with Crippen LogP contribution in [0.3, 0.4) is 0 Å². The average molecular weight is 427 g/mol. The van der Waals surface area contributed by atoms with E-state index in [0.29, 0.717) is 17.3 Å². The normalized spacial score (nSPS) is 15.7. The third-order valence-corrected chi connectivity index (χ3v) is 6.12. The van der Waals surface area contributed by atoms with Gasteiger partial charge in [-0.25, -0.2) is 9.37 Å². The summed E-state index contributed by atoms with van der Waals surface area (Å²) in [6.45, 7) is 4.20. The molecular weight excluding hydrogens is 405 g/mol. The first-order valence-corrected chi connectivity index (χ1v) is 10.8. The van der Waals surface area contributed by atoms with Crippen molar-refractivity contribution in [1.82, 2.24) is 29.5 Å². The van der Waals surface area contributed by atoms with Crippen molar-refractivity contribution in [2.24, 2.45) is 0 Å². The molecule has 2 N–H and O–H groups in total. The van der Waals surface area contributed by atoms with Crippen molar-refractivity contribution >= 4 is 22.5 Å². The van der Waals surface area contributed by atoms with Crippen molar-refractivity contribution < 1.29 is 4.39 Å². The highest BCUT2D eigenvalue weighted by molar-refractivity contribution is 5.85. The van der Waals surface area contributed by atoms with Gasteiger partial charge in [-0.1, -0.05) is 32.0 Å². The Morgan fingerprint density at radius 3 is 2.84 bits per heavy atom. The summed E-state index contributed by atoms with van der Waals surface area (Å²) in [6.07, 6.45) is 6.34. The minimum atomic E-state index is -0.417. The zero-order valence-electron chi connectivity index (χ0n) is 17.8. The summed E-state index contributed by atoms with van der Waals surface area (Å²) in [5.41, 5.74) is 6.06. The van der Waals surface area contributed by atoms with Crippen LogP contribution >= 0.6 is 0 Å². The number of aromatic amines is 1. The second-order valence-corrected chi connectivity index (χ2v) is 8.63. The molecule has 6 rings (SSSR count). The summed E-state index contributed by atoms with van der Waals surface area (Å²) in [5.74, 6) is 0.850. The van der Waals surface area contributed by atoms with E-state index in [1.54, 1.807) is 10.7 Å². The molecule has 0 radical (unpaired) electrons. The van der Waals surface area contributed by atoms with Gasteiger partial charge in [0, 0.05) is 46.4 Å². The number of aromatic nitrogens is 6. The van der Waals surface area contributed by atoms with E-state index in [1.807, 2.05) is 12.3 Å². The van der Waals surface area contributed by atoms with Crippen LogP contribution in [0.2, 0.25) is 0 Å². The van der Waals surface area contributed by atoms with E-state index >= 15 is 0 Å². The fourth-order valence-electron chi connectivity index (χ4n) is 4.57. The van der Waals surface area contributed by atoms with E-state index in [-0.39, 0.29) is 12.0 Å². The van der Waals surface area contributed by atoms with Crippen LogP contribution < -0.4 is 5.32 Å².